The zero-order valence-electron chi connectivity index (χ0n) is 17.0. The SMILES string of the molecule is CC(C)(C)OC(=O)N1CCC(N2CCN(c3ccc([N+](=O)[O-])cc3)CC2)CC1. The molecule has 0 bridgehead atoms. The van der Waals surface area contributed by atoms with Gasteiger partial charge in [0, 0.05) is 63.1 Å². The van der Waals surface area contributed by atoms with E-state index in [1.54, 1.807) is 12.1 Å². The minimum absolute atomic E-state index is 0.124. The van der Waals surface area contributed by atoms with E-state index in [0.29, 0.717) is 6.04 Å². The molecule has 1 aromatic carbocycles. The Morgan fingerprint density at radius 2 is 1.61 bits per heavy atom. The zero-order valence-corrected chi connectivity index (χ0v) is 17.0. The molecule has 0 N–H and O–H groups in total. The summed E-state index contributed by atoms with van der Waals surface area (Å²) < 4.78 is 5.47. The molecule has 2 heterocycles. The molecule has 0 aromatic heterocycles. The Balaban J connectivity index is 1.46. The van der Waals surface area contributed by atoms with E-state index < -0.39 is 5.60 Å². The molecule has 8 nitrogen and oxygen atoms in total. The Hall–Kier alpha value is -2.35. The molecule has 8 heteroatoms. The summed E-state index contributed by atoms with van der Waals surface area (Å²) in [7, 11) is 0. The van der Waals surface area contributed by atoms with Gasteiger partial charge in [0.1, 0.15) is 5.60 Å². The van der Waals surface area contributed by atoms with Crippen molar-refractivity contribution in [3.63, 3.8) is 0 Å². The van der Waals surface area contributed by atoms with Gasteiger partial charge in [-0.3, -0.25) is 15.0 Å². The first-order valence-electron chi connectivity index (χ1n) is 9.94. The van der Waals surface area contributed by atoms with Crippen LogP contribution in [0.15, 0.2) is 24.3 Å². The lowest BCUT2D eigenvalue weighted by atomic mass is 10.0. The van der Waals surface area contributed by atoms with Crippen molar-refractivity contribution in [2.75, 3.05) is 44.2 Å². The quantitative estimate of drug-likeness (QED) is 0.583. The highest BCUT2D eigenvalue weighted by atomic mass is 16.6. The second-order valence-electron chi connectivity index (χ2n) is 8.50. The molecule has 0 unspecified atom stereocenters. The first-order chi connectivity index (χ1) is 13.2. The van der Waals surface area contributed by atoms with Gasteiger partial charge >= 0.3 is 6.09 Å². The van der Waals surface area contributed by atoms with E-state index >= 15 is 0 Å². The minimum atomic E-state index is -0.456. The molecule has 1 amide bonds. The minimum Gasteiger partial charge on any atom is -0.444 e. The van der Waals surface area contributed by atoms with Crippen LogP contribution in [0.25, 0.3) is 0 Å². The summed E-state index contributed by atoms with van der Waals surface area (Å²) in [6.07, 6.45) is 1.72. The number of carbonyl (C=O) groups excluding carboxylic acids is 1. The van der Waals surface area contributed by atoms with Crippen LogP contribution in [0.2, 0.25) is 0 Å². The molecule has 1 aromatic rings. The number of benzene rings is 1. The fourth-order valence-electron chi connectivity index (χ4n) is 3.87. The fraction of sp³-hybridized carbons (Fsp3) is 0.650. The molecule has 0 aliphatic carbocycles. The molecule has 28 heavy (non-hydrogen) atoms. The summed E-state index contributed by atoms with van der Waals surface area (Å²) in [5.74, 6) is 0. The van der Waals surface area contributed by atoms with E-state index in [-0.39, 0.29) is 16.7 Å². The topological polar surface area (TPSA) is 79.2 Å². The van der Waals surface area contributed by atoms with Crippen molar-refractivity contribution in [2.24, 2.45) is 0 Å². The van der Waals surface area contributed by atoms with Crippen LogP contribution in [0.5, 0.6) is 0 Å². The number of amides is 1. The zero-order chi connectivity index (χ0) is 20.3. The van der Waals surface area contributed by atoms with E-state index in [1.807, 2.05) is 37.8 Å². The van der Waals surface area contributed by atoms with Crippen LogP contribution in [0.1, 0.15) is 33.6 Å². The number of anilines is 1. The van der Waals surface area contributed by atoms with Gasteiger partial charge in [-0.15, -0.1) is 0 Å². The largest absolute Gasteiger partial charge is 0.444 e. The Labute approximate surface area is 166 Å². The summed E-state index contributed by atoms with van der Waals surface area (Å²) >= 11 is 0. The van der Waals surface area contributed by atoms with Gasteiger partial charge in [-0.05, 0) is 45.7 Å². The predicted octanol–water partition coefficient (Wildman–Crippen LogP) is 3.12. The lowest BCUT2D eigenvalue weighted by Crippen LogP contribution is -2.54. The Kier molecular flexibility index (Phi) is 6.07. The number of non-ortho nitro benzene ring substituents is 1. The highest BCUT2D eigenvalue weighted by molar-refractivity contribution is 5.68. The van der Waals surface area contributed by atoms with Gasteiger partial charge in [0.2, 0.25) is 0 Å². The number of carbonyl (C=O) groups is 1. The Bertz CT molecular complexity index is 685. The maximum Gasteiger partial charge on any atom is 0.410 e. The number of nitrogens with zero attached hydrogens (tertiary/aromatic N) is 4. The average molecular weight is 390 g/mol. The van der Waals surface area contributed by atoms with Gasteiger partial charge in [0.25, 0.3) is 5.69 Å². The van der Waals surface area contributed by atoms with E-state index in [0.717, 1.165) is 57.8 Å². The van der Waals surface area contributed by atoms with Crippen LogP contribution in [0.4, 0.5) is 16.2 Å². The molecule has 2 aliphatic heterocycles. The molecule has 0 saturated carbocycles. The van der Waals surface area contributed by atoms with Crippen molar-refractivity contribution in [3.8, 4) is 0 Å². The van der Waals surface area contributed by atoms with Gasteiger partial charge in [-0.1, -0.05) is 0 Å². The number of piperidine rings is 1. The van der Waals surface area contributed by atoms with Gasteiger partial charge in [-0.25, -0.2) is 4.79 Å². The summed E-state index contributed by atoms with van der Waals surface area (Å²) in [4.78, 5) is 29.2. The van der Waals surface area contributed by atoms with E-state index in [1.165, 1.54) is 0 Å². The van der Waals surface area contributed by atoms with Crippen LogP contribution < -0.4 is 4.90 Å². The first-order valence-corrected chi connectivity index (χ1v) is 9.94. The number of piperazine rings is 1. The number of hydrogen-bond acceptors (Lipinski definition) is 6. The van der Waals surface area contributed by atoms with Crippen molar-refractivity contribution in [1.82, 2.24) is 9.80 Å². The number of rotatable bonds is 3. The Morgan fingerprint density at radius 3 is 2.11 bits per heavy atom. The average Bonchev–Trinajstić information content (AvgIpc) is 2.67. The van der Waals surface area contributed by atoms with E-state index in [9.17, 15) is 14.9 Å². The van der Waals surface area contributed by atoms with E-state index in [4.69, 9.17) is 4.74 Å². The van der Waals surface area contributed by atoms with Crippen LogP contribution >= 0.6 is 0 Å². The summed E-state index contributed by atoms with van der Waals surface area (Å²) in [6.45, 7) is 10.9. The van der Waals surface area contributed by atoms with Crippen LogP contribution in [-0.4, -0.2) is 71.7 Å². The standard InChI is InChI=1S/C20H30N4O4/c1-20(2,3)28-19(25)23-10-8-17(9-11-23)22-14-12-21(13-15-22)16-4-6-18(7-5-16)24(26)27/h4-7,17H,8-15H2,1-3H3. The smallest absolute Gasteiger partial charge is 0.410 e. The van der Waals surface area contributed by atoms with Crippen molar-refractivity contribution in [3.05, 3.63) is 34.4 Å². The second kappa shape index (κ2) is 8.34. The summed E-state index contributed by atoms with van der Waals surface area (Å²) in [5, 5.41) is 10.8. The van der Waals surface area contributed by atoms with E-state index in [2.05, 4.69) is 9.80 Å². The number of ether oxygens (including phenoxy) is 1. The van der Waals surface area contributed by atoms with Gasteiger partial charge in [-0.2, -0.15) is 0 Å². The number of nitro benzene ring substituents is 1. The highest BCUT2D eigenvalue weighted by Crippen LogP contribution is 2.24. The van der Waals surface area contributed by atoms with Crippen molar-refractivity contribution < 1.29 is 14.5 Å². The maximum absolute atomic E-state index is 12.2. The molecule has 0 spiro atoms. The lowest BCUT2D eigenvalue weighted by Gasteiger charge is -2.43. The molecule has 2 aliphatic rings. The fourth-order valence-corrected chi connectivity index (χ4v) is 3.87. The van der Waals surface area contributed by atoms with Gasteiger partial charge in [0.15, 0.2) is 0 Å². The molecular formula is C20H30N4O4. The third-order valence-corrected chi connectivity index (χ3v) is 5.37. The normalized spacial score (nSPS) is 19.5. The third kappa shape index (κ3) is 5.13. The Morgan fingerprint density at radius 1 is 1.04 bits per heavy atom. The molecule has 154 valence electrons. The van der Waals surface area contributed by atoms with Gasteiger partial charge in [0.05, 0.1) is 4.92 Å². The highest BCUT2D eigenvalue weighted by Gasteiger charge is 2.31. The maximum atomic E-state index is 12.2. The monoisotopic (exact) mass is 390 g/mol. The van der Waals surface area contributed by atoms with Crippen molar-refractivity contribution in [1.29, 1.82) is 0 Å². The van der Waals surface area contributed by atoms with Crippen molar-refractivity contribution in [2.45, 2.75) is 45.3 Å². The number of nitro groups is 1. The molecule has 2 fully saturated rings. The molecule has 0 atom stereocenters. The van der Waals surface area contributed by atoms with Crippen LogP contribution in [0.3, 0.4) is 0 Å². The third-order valence-electron chi connectivity index (χ3n) is 5.37. The lowest BCUT2D eigenvalue weighted by molar-refractivity contribution is -0.384. The second-order valence-corrected chi connectivity index (χ2v) is 8.50. The molecule has 0 radical (unpaired) electrons. The summed E-state index contributed by atoms with van der Waals surface area (Å²) in [5.41, 5.74) is 0.700. The van der Waals surface area contributed by atoms with Gasteiger partial charge < -0.3 is 14.5 Å². The molecular weight excluding hydrogens is 360 g/mol. The number of hydrogen-bond donors (Lipinski definition) is 0. The number of likely N-dealkylation sites (tertiary alicyclic amines) is 1. The van der Waals surface area contributed by atoms with Crippen LogP contribution in [-0.2, 0) is 4.74 Å². The molecule has 2 saturated heterocycles. The predicted molar refractivity (Wildman–Crippen MR) is 108 cm³/mol. The molecule has 3 rings (SSSR count). The summed E-state index contributed by atoms with van der Waals surface area (Å²) in [6, 6.07) is 7.28. The van der Waals surface area contributed by atoms with Crippen molar-refractivity contribution >= 4 is 17.5 Å². The van der Waals surface area contributed by atoms with Crippen LogP contribution in [0, 0.1) is 10.1 Å². The first kappa shape index (κ1) is 20.4.